The van der Waals surface area contributed by atoms with Crippen molar-refractivity contribution in [1.82, 2.24) is 25.5 Å². The van der Waals surface area contributed by atoms with Crippen molar-refractivity contribution in [3.8, 4) is 17.1 Å². The summed E-state index contributed by atoms with van der Waals surface area (Å²) in [5, 5.41) is 5.99. The molecule has 1 fully saturated rings. The van der Waals surface area contributed by atoms with E-state index in [1.165, 1.54) is 4.90 Å². The molecule has 182 valence electrons. The predicted molar refractivity (Wildman–Crippen MR) is 134 cm³/mol. The first-order valence-corrected chi connectivity index (χ1v) is 13.1. The number of unbranched alkanes of at least 4 members (excludes halogenated alkanes) is 1. The lowest BCUT2D eigenvalue weighted by molar-refractivity contribution is -0.135. The minimum absolute atomic E-state index is 0.00374. The van der Waals surface area contributed by atoms with E-state index in [-0.39, 0.29) is 24.5 Å². The molecule has 0 saturated carbocycles. The molecule has 2 aliphatic heterocycles. The molecule has 3 aromatic rings. The van der Waals surface area contributed by atoms with Crippen molar-refractivity contribution in [2.45, 2.75) is 49.7 Å². The minimum Gasteiger partial charge on any atom is -0.493 e. The Hall–Kier alpha value is -3.30. The lowest BCUT2D eigenvalue weighted by Crippen LogP contribution is -2.47. The van der Waals surface area contributed by atoms with E-state index in [0.29, 0.717) is 24.7 Å². The third-order valence-electron chi connectivity index (χ3n) is 6.25. The highest BCUT2D eigenvalue weighted by Crippen LogP contribution is 2.35. The molecule has 35 heavy (non-hydrogen) atoms. The third-order valence-corrected chi connectivity index (χ3v) is 6.99. The summed E-state index contributed by atoms with van der Waals surface area (Å²) in [5.41, 5.74) is 5.41. The molecule has 2 aliphatic rings. The van der Waals surface area contributed by atoms with E-state index in [1.54, 1.807) is 22.9 Å². The monoisotopic (exact) mass is 491 g/mol. The Balaban J connectivity index is 1.25. The molecule has 2 aromatic carbocycles. The summed E-state index contributed by atoms with van der Waals surface area (Å²) in [7, 11) is 0. The van der Waals surface area contributed by atoms with Gasteiger partial charge in [-0.1, -0.05) is 36.7 Å². The maximum absolute atomic E-state index is 13.3. The normalized spacial score (nSPS) is 19.3. The zero-order valence-electron chi connectivity index (χ0n) is 19.9. The third kappa shape index (κ3) is 5.06. The van der Waals surface area contributed by atoms with E-state index < -0.39 is 0 Å². The second-order valence-corrected chi connectivity index (χ2v) is 9.46. The average molecular weight is 492 g/mol. The van der Waals surface area contributed by atoms with E-state index in [4.69, 9.17) is 9.26 Å². The van der Waals surface area contributed by atoms with Crippen LogP contribution in [-0.2, 0) is 11.3 Å². The van der Waals surface area contributed by atoms with Gasteiger partial charge in [0.25, 0.3) is 5.91 Å². The first-order valence-electron chi connectivity index (χ1n) is 11.9. The number of aromatic nitrogens is 2. The highest BCUT2D eigenvalue weighted by atomic mass is 32.2. The highest BCUT2D eigenvalue weighted by Gasteiger charge is 2.41. The Morgan fingerprint density at radius 1 is 1.17 bits per heavy atom. The van der Waals surface area contributed by atoms with Gasteiger partial charge in [-0.05, 0) is 49.4 Å². The van der Waals surface area contributed by atoms with E-state index in [0.717, 1.165) is 29.7 Å². The van der Waals surface area contributed by atoms with Crippen molar-refractivity contribution in [2.24, 2.45) is 0 Å². The lowest BCUT2D eigenvalue weighted by atomic mass is 10.00. The fraction of sp³-hybridized carbons (Fsp3) is 0.346. The summed E-state index contributed by atoms with van der Waals surface area (Å²) in [4.78, 5) is 20.6. The van der Waals surface area contributed by atoms with Crippen LogP contribution in [0, 0.1) is 0 Å². The molecule has 2 unspecified atom stereocenters. The zero-order valence-corrected chi connectivity index (χ0v) is 20.7. The summed E-state index contributed by atoms with van der Waals surface area (Å²) in [5.74, 6) is 1.79. The van der Waals surface area contributed by atoms with Gasteiger partial charge in [-0.25, -0.2) is 5.43 Å². The van der Waals surface area contributed by atoms with Crippen LogP contribution in [0.5, 0.6) is 5.75 Å². The first-order chi connectivity index (χ1) is 17.2. The number of fused-ring (bicyclic) bond motifs is 1. The number of rotatable bonds is 9. The number of para-hydroxylation sites is 1. The molecule has 1 aromatic heterocycles. The Morgan fingerprint density at radius 2 is 2.00 bits per heavy atom. The number of thioether (sulfide) groups is 1. The first kappa shape index (κ1) is 23.4. The highest BCUT2D eigenvalue weighted by molar-refractivity contribution is 7.98. The number of amides is 1. The van der Waals surface area contributed by atoms with Crippen LogP contribution < -0.4 is 10.2 Å². The Kier molecular flexibility index (Phi) is 7.06. The van der Waals surface area contributed by atoms with E-state index in [2.05, 4.69) is 28.6 Å². The van der Waals surface area contributed by atoms with Gasteiger partial charge in [0, 0.05) is 28.4 Å². The molecule has 8 nitrogen and oxygen atoms in total. The van der Waals surface area contributed by atoms with Crippen LogP contribution in [0.4, 0.5) is 0 Å². The van der Waals surface area contributed by atoms with E-state index >= 15 is 0 Å². The quantitative estimate of drug-likeness (QED) is 0.339. The summed E-state index contributed by atoms with van der Waals surface area (Å²) in [6, 6.07) is 15.7. The number of hydrogen-bond acceptors (Lipinski definition) is 8. The molecule has 5 rings (SSSR count). The number of ether oxygens (including phenoxy) is 1. The number of hydrogen-bond donors (Lipinski definition) is 1. The maximum atomic E-state index is 13.3. The Morgan fingerprint density at radius 3 is 2.80 bits per heavy atom. The van der Waals surface area contributed by atoms with Crippen molar-refractivity contribution in [3.05, 3.63) is 72.4 Å². The summed E-state index contributed by atoms with van der Waals surface area (Å²) in [6.07, 6.45) is 8.43. The van der Waals surface area contributed by atoms with Crippen molar-refractivity contribution >= 4 is 17.7 Å². The van der Waals surface area contributed by atoms with Gasteiger partial charge in [0.05, 0.1) is 12.6 Å². The van der Waals surface area contributed by atoms with Gasteiger partial charge in [0.1, 0.15) is 18.3 Å². The number of carbonyl (C=O) groups excluding carboxylic acids is 1. The van der Waals surface area contributed by atoms with Crippen LogP contribution in [-0.4, -0.2) is 44.9 Å². The van der Waals surface area contributed by atoms with Gasteiger partial charge in [-0.3, -0.25) is 4.79 Å². The molecule has 9 heteroatoms. The van der Waals surface area contributed by atoms with Gasteiger partial charge in [-0.2, -0.15) is 4.98 Å². The number of hydrazine groups is 1. The molecule has 0 spiro atoms. The van der Waals surface area contributed by atoms with Gasteiger partial charge < -0.3 is 19.2 Å². The van der Waals surface area contributed by atoms with Crippen molar-refractivity contribution < 1.29 is 14.1 Å². The molecule has 1 N–H and O–H groups in total. The fourth-order valence-corrected chi connectivity index (χ4v) is 4.73. The molecule has 3 heterocycles. The second kappa shape index (κ2) is 10.5. The van der Waals surface area contributed by atoms with Crippen LogP contribution in [0.15, 0.2) is 70.3 Å². The topological polar surface area (TPSA) is 83.7 Å². The standard InChI is InChI=1S/C26H29N5O3S/c1-3-4-15-33-23-8-6-5-7-20(23)21-16-22-26(32)30(13-14-31(22)28-21)17-24-27-25(29-34-24)18-9-11-19(35-2)12-10-18/h5-14,21-22,28H,3-4,15-17H2,1-2H3. The largest absolute Gasteiger partial charge is 0.493 e. The number of carbonyl (C=O) groups is 1. The average Bonchev–Trinajstić information content (AvgIpc) is 3.54. The number of nitrogens with one attached hydrogen (secondary N) is 1. The Labute approximate surface area is 209 Å². The van der Waals surface area contributed by atoms with Gasteiger partial charge in [-0.15, -0.1) is 11.8 Å². The number of nitrogens with zero attached hydrogens (tertiary/aromatic N) is 4. The molecule has 2 atom stereocenters. The maximum Gasteiger partial charge on any atom is 0.251 e. The van der Waals surface area contributed by atoms with Crippen LogP contribution in [0.1, 0.15) is 43.7 Å². The summed E-state index contributed by atoms with van der Waals surface area (Å²) in [6.45, 7) is 3.07. The van der Waals surface area contributed by atoms with E-state index in [9.17, 15) is 4.79 Å². The van der Waals surface area contributed by atoms with Crippen LogP contribution in [0.2, 0.25) is 0 Å². The molecule has 0 bridgehead atoms. The smallest absolute Gasteiger partial charge is 0.251 e. The molecule has 1 amide bonds. The molecular formula is C26H29N5O3S. The molecule has 0 radical (unpaired) electrons. The van der Waals surface area contributed by atoms with E-state index in [1.807, 2.05) is 59.9 Å². The Bertz CT molecular complexity index is 1200. The number of benzene rings is 2. The van der Waals surface area contributed by atoms with Crippen molar-refractivity contribution in [1.29, 1.82) is 0 Å². The zero-order chi connectivity index (χ0) is 24.2. The van der Waals surface area contributed by atoms with Crippen molar-refractivity contribution in [2.75, 3.05) is 12.9 Å². The van der Waals surface area contributed by atoms with Crippen LogP contribution >= 0.6 is 11.8 Å². The molecular weight excluding hydrogens is 462 g/mol. The summed E-state index contributed by atoms with van der Waals surface area (Å²) >= 11 is 1.68. The lowest BCUT2D eigenvalue weighted by Gasteiger charge is -2.30. The van der Waals surface area contributed by atoms with Gasteiger partial charge >= 0.3 is 0 Å². The second-order valence-electron chi connectivity index (χ2n) is 8.58. The van der Waals surface area contributed by atoms with Crippen LogP contribution in [0.3, 0.4) is 0 Å². The van der Waals surface area contributed by atoms with Gasteiger partial charge in [0.15, 0.2) is 0 Å². The van der Waals surface area contributed by atoms with Gasteiger partial charge in [0.2, 0.25) is 11.7 Å². The molecule has 1 saturated heterocycles. The summed E-state index contributed by atoms with van der Waals surface area (Å²) < 4.78 is 11.5. The SMILES string of the molecule is CCCCOc1ccccc1C1CC2C(=O)N(Cc3nc(-c4ccc(SC)cc4)no3)C=CN2N1. The predicted octanol–water partition coefficient (Wildman–Crippen LogP) is 4.77. The minimum atomic E-state index is -0.310. The van der Waals surface area contributed by atoms with Crippen LogP contribution in [0.25, 0.3) is 11.4 Å². The fourth-order valence-electron chi connectivity index (χ4n) is 4.32. The van der Waals surface area contributed by atoms with Crippen molar-refractivity contribution in [3.63, 3.8) is 0 Å². The molecule has 0 aliphatic carbocycles.